The number of pyridine rings is 1. The van der Waals surface area contributed by atoms with Gasteiger partial charge in [-0.3, -0.25) is 0 Å². The molecule has 2 aliphatic rings. The average molecular weight is 483 g/mol. The Balaban J connectivity index is 1.30. The molecule has 9 heteroatoms. The van der Waals surface area contributed by atoms with Gasteiger partial charge in [0.05, 0.1) is 11.4 Å². The highest BCUT2D eigenvalue weighted by Crippen LogP contribution is 2.45. The lowest BCUT2D eigenvalue weighted by molar-refractivity contribution is 0.0515. The molecule has 5 rings (SSSR count). The Morgan fingerprint density at radius 3 is 2.61 bits per heavy atom. The maximum atomic E-state index is 6.19. The minimum atomic E-state index is 0.172. The van der Waals surface area contributed by atoms with E-state index in [0.29, 0.717) is 17.0 Å². The van der Waals surface area contributed by atoms with Gasteiger partial charge in [-0.05, 0) is 46.3 Å². The zero-order valence-electron chi connectivity index (χ0n) is 17.2. The maximum absolute atomic E-state index is 6.19. The van der Waals surface area contributed by atoms with Gasteiger partial charge < -0.3 is 25.0 Å². The Labute approximate surface area is 189 Å². The number of rotatable bonds is 6. The zero-order chi connectivity index (χ0) is 21.4. The summed E-state index contributed by atoms with van der Waals surface area (Å²) in [5.74, 6) is 1.15. The third-order valence-corrected chi connectivity index (χ3v) is 6.25. The number of aromatic nitrogens is 3. The number of halogens is 1. The Kier molecular flexibility index (Phi) is 5.15. The summed E-state index contributed by atoms with van der Waals surface area (Å²) in [6, 6.07) is 13.8. The molecule has 2 aromatic heterocycles. The predicted molar refractivity (Wildman–Crippen MR) is 123 cm³/mol. The first kappa shape index (κ1) is 20.0. The van der Waals surface area contributed by atoms with Crippen LogP contribution < -0.4 is 20.3 Å². The van der Waals surface area contributed by atoms with Crippen LogP contribution in [0.3, 0.4) is 0 Å². The Morgan fingerprint density at radius 1 is 1.06 bits per heavy atom. The third-order valence-electron chi connectivity index (χ3n) is 5.82. The van der Waals surface area contributed by atoms with Crippen LogP contribution in [-0.2, 0) is 4.74 Å². The van der Waals surface area contributed by atoms with Gasteiger partial charge in [0.1, 0.15) is 10.4 Å². The van der Waals surface area contributed by atoms with E-state index in [0.717, 1.165) is 47.7 Å². The van der Waals surface area contributed by atoms with Crippen LogP contribution in [0.5, 0.6) is 5.75 Å². The van der Waals surface area contributed by atoms with Crippen LogP contribution in [0.2, 0.25) is 0 Å². The van der Waals surface area contributed by atoms with Gasteiger partial charge in [-0.25, -0.2) is 4.98 Å². The van der Waals surface area contributed by atoms with E-state index in [1.807, 2.05) is 42.6 Å². The molecule has 2 fully saturated rings. The summed E-state index contributed by atoms with van der Waals surface area (Å²) in [6.45, 7) is 4.13. The maximum Gasteiger partial charge on any atom is 0.188 e. The van der Waals surface area contributed by atoms with Gasteiger partial charge in [0.25, 0.3) is 0 Å². The molecule has 2 saturated heterocycles. The van der Waals surface area contributed by atoms with Crippen molar-refractivity contribution in [2.45, 2.75) is 0 Å². The van der Waals surface area contributed by atoms with Crippen LogP contribution in [-0.4, -0.2) is 55.3 Å². The van der Waals surface area contributed by atoms with Gasteiger partial charge in [-0.1, -0.05) is 12.1 Å². The van der Waals surface area contributed by atoms with E-state index in [9.17, 15) is 0 Å². The normalized spacial score (nSPS) is 16.7. The summed E-state index contributed by atoms with van der Waals surface area (Å²) in [5, 5.41) is 8.53. The number of nitrogens with zero attached hydrogens (tertiary/aromatic N) is 5. The van der Waals surface area contributed by atoms with Crippen molar-refractivity contribution in [3.63, 3.8) is 0 Å². The molecule has 0 unspecified atom stereocenters. The van der Waals surface area contributed by atoms with Gasteiger partial charge in [0.15, 0.2) is 12.6 Å². The van der Waals surface area contributed by atoms with E-state index >= 15 is 0 Å². The van der Waals surface area contributed by atoms with Crippen molar-refractivity contribution in [3.05, 3.63) is 53.3 Å². The lowest BCUT2D eigenvalue weighted by Gasteiger charge is -2.61. The topological polar surface area (TPSA) is 89.6 Å². The molecule has 0 bridgehead atoms. The number of nitrogens with two attached hydrogens (primary N) is 1. The molecular weight excluding hydrogens is 460 g/mol. The molecule has 0 atom stereocenters. The van der Waals surface area contributed by atoms with Gasteiger partial charge in [0, 0.05) is 56.2 Å². The summed E-state index contributed by atoms with van der Waals surface area (Å²) in [4.78, 5) is 8.87. The van der Waals surface area contributed by atoms with Crippen LogP contribution in [0.4, 0.5) is 17.2 Å². The molecule has 160 valence electrons. The van der Waals surface area contributed by atoms with Crippen molar-refractivity contribution in [3.8, 4) is 17.0 Å². The van der Waals surface area contributed by atoms with E-state index in [2.05, 4.69) is 47.0 Å². The molecule has 3 aromatic rings. The van der Waals surface area contributed by atoms with Gasteiger partial charge in [0.2, 0.25) is 0 Å². The molecule has 0 saturated carbocycles. The summed E-state index contributed by atoms with van der Waals surface area (Å²) < 4.78 is 11.6. The number of para-hydroxylation sites is 1. The van der Waals surface area contributed by atoms with Gasteiger partial charge >= 0.3 is 0 Å². The molecule has 0 radical (unpaired) electrons. The van der Waals surface area contributed by atoms with E-state index in [4.69, 9.17) is 15.2 Å². The molecule has 4 heterocycles. The van der Waals surface area contributed by atoms with Gasteiger partial charge in [-0.15, -0.1) is 10.2 Å². The average Bonchev–Trinajstić information content (AvgIpc) is 2.72. The lowest BCUT2D eigenvalue weighted by atomic mass is 9.72. The fourth-order valence-electron chi connectivity index (χ4n) is 4.37. The first-order valence-corrected chi connectivity index (χ1v) is 10.8. The van der Waals surface area contributed by atoms with Crippen molar-refractivity contribution in [1.82, 2.24) is 15.2 Å². The van der Waals surface area contributed by atoms with Crippen molar-refractivity contribution in [2.75, 3.05) is 55.6 Å². The lowest BCUT2D eigenvalue weighted by Crippen LogP contribution is -2.72. The van der Waals surface area contributed by atoms with Crippen LogP contribution in [0.15, 0.2) is 53.3 Å². The van der Waals surface area contributed by atoms with Gasteiger partial charge in [-0.2, -0.15) is 0 Å². The number of benzene rings is 1. The number of methoxy groups -OCH3 is 1. The van der Waals surface area contributed by atoms with Crippen molar-refractivity contribution >= 4 is 33.1 Å². The molecule has 0 amide bonds. The fraction of sp³-hybridized carbons (Fsp3) is 0.318. The van der Waals surface area contributed by atoms with E-state index < -0.39 is 0 Å². The number of hydrogen-bond donors (Lipinski definition) is 1. The highest BCUT2D eigenvalue weighted by Gasteiger charge is 2.52. The second-order valence-corrected chi connectivity index (χ2v) is 8.91. The molecular formula is C22H23BrN6O2. The zero-order valence-corrected chi connectivity index (χ0v) is 18.7. The van der Waals surface area contributed by atoms with Crippen molar-refractivity contribution < 1.29 is 9.47 Å². The van der Waals surface area contributed by atoms with Crippen LogP contribution in [0.1, 0.15) is 0 Å². The molecule has 0 aliphatic carbocycles. The SMILES string of the molecule is COCOc1ccccc1-c1cc(N2CC3(CN(c4ccnc(Br)c4)C3)C2)c(N)nn1. The molecule has 8 nitrogen and oxygen atoms in total. The molecule has 31 heavy (non-hydrogen) atoms. The second kappa shape index (κ2) is 7.97. The van der Waals surface area contributed by atoms with Crippen LogP contribution in [0, 0.1) is 5.41 Å². The first-order valence-electron chi connectivity index (χ1n) is 10.0. The highest BCUT2D eigenvalue weighted by atomic mass is 79.9. The number of nitrogen functional groups attached to an aromatic ring is 1. The molecule has 1 aromatic carbocycles. The minimum Gasteiger partial charge on any atom is -0.467 e. The number of hydrogen-bond acceptors (Lipinski definition) is 8. The summed E-state index contributed by atoms with van der Waals surface area (Å²) in [5.41, 5.74) is 10.2. The third kappa shape index (κ3) is 3.79. The standard InChI is InChI=1S/C22H23BrN6O2/c1-30-14-31-19-5-3-2-4-16(19)17-9-18(21(24)27-26-17)29-12-22(13-29)10-28(11-22)15-6-7-25-20(23)8-15/h2-9H,10-14H2,1H3,(H2,24,27). The smallest absolute Gasteiger partial charge is 0.188 e. The number of anilines is 3. The van der Waals surface area contributed by atoms with Crippen molar-refractivity contribution in [1.29, 1.82) is 0 Å². The molecule has 2 aliphatic heterocycles. The highest BCUT2D eigenvalue weighted by molar-refractivity contribution is 9.10. The largest absolute Gasteiger partial charge is 0.467 e. The fourth-order valence-corrected chi connectivity index (χ4v) is 4.72. The first-order chi connectivity index (χ1) is 15.1. The summed E-state index contributed by atoms with van der Waals surface area (Å²) >= 11 is 3.45. The van der Waals surface area contributed by atoms with Crippen LogP contribution in [0.25, 0.3) is 11.3 Å². The van der Waals surface area contributed by atoms with Crippen LogP contribution >= 0.6 is 15.9 Å². The monoisotopic (exact) mass is 482 g/mol. The minimum absolute atomic E-state index is 0.172. The summed E-state index contributed by atoms with van der Waals surface area (Å²) in [7, 11) is 1.60. The summed E-state index contributed by atoms with van der Waals surface area (Å²) in [6.07, 6.45) is 1.83. The Morgan fingerprint density at radius 2 is 1.84 bits per heavy atom. The van der Waals surface area contributed by atoms with E-state index in [1.54, 1.807) is 7.11 Å². The Hall–Kier alpha value is -2.91. The molecule has 2 N–H and O–H groups in total. The molecule has 1 spiro atoms. The van der Waals surface area contributed by atoms with E-state index in [1.165, 1.54) is 5.69 Å². The van der Waals surface area contributed by atoms with E-state index in [-0.39, 0.29) is 6.79 Å². The van der Waals surface area contributed by atoms with Crippen molar-refractivity contribution in [2.24, 2.45) is 5.41 Å². The number of ether oxygens (including phenoxy) is 2. The quantitative estimate of drug-likeness (QED) is 0.423. The Bertz CT molecular complexity index is 1100. The predicted octanol–water partition coefficient (Wildman–Crippen LogP) is 3.19. The second-order valence-electron chi connectivity index (χ2n) is 8.10.